The molecule has 4 aromatic carbocycles. The Morgan fingerprint density at radius 3 is 2.60 bits per heavy atom. The highest BCUT2D eigenvalue weighted by atomic mass is 16.5. The minimum absolute atomic E-state index is 0.0468. The molecule has 0 aromatic heterocycles. The number of hydrogen-bond acceptors (Lipinski definition) is 2. The lowest BCUT2D eigenvalue weighted by Crippen LogP contribution is -2.27. The molecule has 148 valence electrons. The molecule has 0 saturated carbocycles. The summed E-state index contributed by atoms with van der Waals surface area (Å²) >= 11 is 0. The predicted octanol–water partition coefficient (Wildman–Crippen LogP) is 7.00. The van der Waals surface area contributed by atoms with E-state index in [4.69, 9.17) is 4.74 Å². The van der Waals surface area contributed by atoms with Gasteiger partial charge in [-0.25, -0.2) is 0 Å². The van der Waals surface area contributed by atoms with E-state index in [1.807, 2.05) is 0 Å². The van der Waals surface area contributed by atoms with Crippen LogP contribution in [-0.2, 0) is 11.2 Å². The largest absolute Gasteiger partial charge is 0.352 e. The number of nitrogens with zero attached hydrogens (tertiary/aromatic N) is 1. The summed E-state index contributed by atoms with van der Waals surface area (Å²) in [7, 11) is 2.10. The fourth-order valence-corrected chi connectivity index (χ4v) is 5.22. The highest BCUT2D eigenvalue weighted by molar-refractivity contribution is 6.08. The molecule has 6 rings (SSSR count). The van der Waals surface area contributed by atoms with Gasteiger partial charge in [-0.1, -0.05) is 72.8 Å². The van der Waals surface area contributed by atoms with Crippen molar-refractivity contribution in [3.05, 3.63) is 101 Å². The van der Waals surface area contributed by atoms with Crippen molar-refractivity contribution >= 4 is 27.6 Å². The third kappa shape index (κ3) is 2.75. The van der Waals surface area contributed by atoms with Crippen molar-refractivity contribution in [3.63, 3.8) is 0 Å². The van der Waals surface area contributed by atoms with Gasteiger partial charge < -0.3 is 9.64 Å². The van der Waals surface area contributed by atoms with E-state index in [0.717, 1.165) is 19.3 Å². The second-order valence-electron chi connectivity index (χ2n) is 8.49. The van der Waals surface area contributed by atoms with Crippen molar-refractivity contribution in [1.29, 1.82) is 0 Å². The van der Waals surface area contributed by atoms with Crippen LogP contribution in [0.2, 0.25) is 0 Å². The van der Waals surface area contributed by atoms with Crippen molar-refractivity contribution < 1.29 is 4.74 Å². The fraction of sp³-hybridized carbons (Fsp3) is 0.214. The number of aryl methyl sites for hydroxylation is 1. The predicted molar refractivity (Wildman–Crippen MR) is 124 cm³/mol. The molecule has 1 heterocycles. The monoisotopic (exact) mass is 391 g/mol. The Morgan fingerprint density at radius 2 is 1.63 bits per heavy atom. The van der Waals surface area contributed by atoms with Crippen LogP contribution in [0.4, 0.5) is 0 Å². The van der Waals surface area contributed by atoms with Crippen molar-refractivity contribution in [2.45, 2.75) is 31.6 Å². The van der Waals surface area contributed by atoms with E-state index in [1.54, 1.807) is 0 Å². The Bertz CT molecular complexity index is 1290. The van der Waals surface area contributed by atoms with Crippen LogP contribution in [0.5, 0.6) is 0 Å². The zero-order valence-electron chi connectivity index (χ0n) is 17.2. The van der Waals surface area contributed by atoms with Crippen LogP contribution in [0.3, 0.4) is 0 Å². The number of hydrogen-bond donors (Lipinski definition) is 0. The van der Waals surface area contributed by atoms with E-state index in [2.05, 4.69) is 97.0 Å². The molecular weight excluding hydrogens is 366 g/mol. The third-order valence-corrected chi connectivity index (χ3v) is 6.73. The lowest BCUT2D eigenvalue weighted by Gasteiger charge is -2.36. The van der Waals surface area contributed by atoms with Crippen molar-refractivity contribution in [1.82, 2.24) is 4.90 Å². The standard InChI is InChI=1S/C28H25NO/c1-29-18-17-20-8-3-5-10-22(20)28(29)30-27-12-6-11-23-25-14-13-19-7-2-4-9-21(19)24(25)15-16-26(23)27/h2-5,7-10,13-18,27-28H,6,11-12H2,1H3/t27?,28-/m0/s1. The minimum atomic E-state index is -0.0468. The lowest BCUT2D eigenvalue weighted by molar-refractivity contribution is -0.0859. The van der Waals surface area contributed by atoms with Crippen LogP contribution in [0.15, 0.2) is 79.0 Å². The summed E-state index contributed by atoms with van der Waals surface area (Å²) in [5.74, 6) is 0. The molecule has 0 fully saturated rings. The van der Waals surface area contributed by atoms with Gasteiger partial charge in [-0.2, -0.15) is 0 Å². The van der Waals surface area contributed by atoms with Gasteiger partial charge in [0.15, 0.2) is 6.23 Å². The lowest BCUT2D eigenvalue weighted by atomic mass is 9.84. The molecule has 0 radical (unpaired) electrons. The second-order valence-corrected chi connectivity index (χ2v) is 8.49. The smallest absolute Gasteiger partial charge is 0.157 e. The van der Waals surface area contributed by atoms with Gasteiger partial charge in [0.25, 0.3) is 0 Å². The summed E-state index contributed by atoms with van der Waals surface area (Å²) < 4.78 is 6.81. The molecule has 2 nitrogen and oxygen atoms in total. The number of fused-ring (bicyclic) bond motifs is 6. The van der Waals surface area contributed by atoms with E-state index >= 15 is 0 Å². The second kappa shape index (κ2) is 7.00. The normalized spacial score (nSPS) is 20.4. The maximum atomic E-state index is 6.81. The topological polar surface area (TPSA) is 12.5 Å². The van der Waals surface area contributed by atoms with Crippen LogP contribution in [-0.4, -0.2) is 11.9 Å². The molecule has 1 aliphatic carbocycles. The zero-order chi connectivity index (χ0) is 20.1. The SMILES string of the molecule is CN1C=Cc2ccccc2[C@@H]1OC1CCCc2c1ccc1c2ccc2ccccc21. The third-order valence-electron chi connectivity index (χ3n) is 6.73. The van der Waals surface area contributed by atoms with E-state index in [9.17, 15) is 0 Å². The molecular formula is C28H25NO. The van der Waals surface area contributed by atoms with Gasteiger partial charge in [0.05, 0.1) is 6.10 Å². The van der Waals surface area contributed by atoms with E-state index in [0.29, 0.717) is 0 Å². The van der Waals surface area contributed by atoms with E-state index in [-0.39, 0.29) is 12.3 Å². The van der Waals surface area contributed by atoms with Gasteiger partial charge in [0.2, 0.25) is 0 Å². The van der Waals surface area contributed by atoms with Crippen LogP contribution in [0, 0.1) is 0 Å². The molecule has 2 atom stereocenters. The van der Waals surface area contributed by atoms with Gasteiger partial charge in [-0.05, 0) is 63.6 Å². The molecule has 0 N–H and O–H groups in total. The maximum Gasteiger partial charge on any atom is 0.157 e. The number of benzene rings is 4. The summed E-state index contributed by atoms with van der Waals surface area (Å²) in [6, 6.07) is 26.4. The summed E-state index contributed by atoms with van der Waals surface area (Å²) in [5.41, 5.74) is 5.34. The molecule has 0 bridgehead atoms. The Hall–Kier alpha value is -3.10. The Morgan fingerprint density at radius 1 is 0.800 bits per heavy atom. The van der Waals surface area contributed by atoms with Crippen molar-refractivity contribution in [2.24, 2.45) is 0 Å². The Labute approximate surface area is 177 Å². The van der Waals surface area contributed by atoms with Crippen LogP contribution >= 0.6 is 0 Å². The Balaban J connectivity index is 1.43. The first-order valence-corrected chi connectivity index (χ1v) is 10.9. The maximum absolute atomic E-state index is 6.81. The summed E-state index contributed by atoms with van der Waals surface area (Å²) in [5, 5.41) is 5.39. The summed E-state index contributed by atoms with van der Waals surface area (Å²) in [6.07, 6.45) is 7.74. The average molecular weight is 392 g/mol. The number of rotatable bonds is 2. The molecule has 2 heteroatoms. The van der Waals surface area contributed by atoms with Gasteiger partial charge in [-0.3, -0.25) is 0 Å². The highest BCUT2D eigenvalue weighted by Crippen LogP contribution is 2.42. The van der Waals surface area contributed by atoms with Crippen LogP contribution in [0.1, 0.15) is 47.4 Å². The zero-order valence-corrected chi connectivity index (χ0v) is 17.2. The fourth-order valence-electron chi connectivity index (χ4n) is 5.22. The van der Waals surface area contributed by atoms with Gasteiger partial charge in [0, 0.05) is 18.8 Å². The van der Waals surface area contributed by atoms with Gasteiger partial charge in [0.1, 0.15) is 0 Å². The average Bonchev–Trinajstić information content (AvgIpc) is 2.80. The van der Waals surface area contributed by atoms with Gasteiger partial charge in [-0.15, -0.1) is 0 Å². The molecule has 1 unspecified atom stereocenters. The van der Waals surface area contributed by atoms with E-state index < -0.39 is 0 Å². The molecule has 0 saturated heterocycles. The first-order chi connectivity index (χ1) is 14.8. The molecule has 2 aliphatic rings. The molecule has 0 spiro atoms. The summed E-state index contributed by atoms with van der Waals surface area (Å²) in [4.78, 5) is 2.19. The van der Waals surface area contributed by atoms with Crippen molar-refractivity contribution in [2.75, 3.05) is 7.05 Å². The molecule has 30 heavy (non-hydrogen) atoms. The molecule has 1 aliphatic heterocycles. The molecule has 4 aromatic rings. The first kappa shape index (κ1) is 17.7. The Kier molecular flexibility index (Phi) is 4.14. The minimum Gasteiger partial charge on any atom is -0.352 e. The number of ether oxygens (including phenoxy) is 1. The highest BCUT2D eigenvalue weighted by Gasteiger charge is 2.29. The van der Waals surface area contributed by atoms with Crippen LogP contribution < -0.4 is 0 Å². The first-order valence-electron chi connectivity index (χ1n) is 10.9. The quantitative estimate of drug-likeness (QED) is 0.341. The van der Waals surface area contributed by atoms with Gasteiger partial charge >= 0.3 is 0 Å². The molecule has 0 amide bonds. The van der Waals surface area contributed by atoms with Crippen LogP contribution in [0.25, 0.3) is 27.6 Å². The van der Waals surface area contributed by atoms with E-state index in [1.165, 1.54) is 43.8 Å². The summed E-state index contributed by atoms with van der Waals surface area (Å²) in [6.45, 7) is 0. The van der Waals surface area contributed by atoms with Crippen molar-refractivity contribution in [3.8, 4) is 0 Å².